The third kappa shape index (κ3) is 8.32. The average Bonchev–Trinajstić information content (AvgIpc) is 3.68. The number of rotatable bonds is 2. The maximum absolute atomic E-state index is 13.9. The Hall–Kier alpha value is -1.82. The van der Waals surface area contributed by atoms with Crippen molar-refractivity contribution in [2.24, 2.45) is 11.8 Å². The fraction of sp³-hybridized carbons (Fsp3) is 0.857. The van der Waals surface area contributed by atoms with E-state index in [1.807, 2.05) is 6.92 Å². The maximum atomic E-state index is 13.9. The molecule has 4 N–H and O–H groups in total. The summed E-state index contributed by atoms with van der Waals surface area (Å²) in [4.78, 5) is 27.0. The number of ketones is 1. The molecule has 8 fully saturated rings. The lowest BCUT2D eigenvalue weighted by atomic mass is 9.79. The lowest BCUT2D eigenvalue weighted by molar-refractivity contribution is -0.275. The third-order valence-electron chi connectivity index (χ3n) is 14.0. The smallest absolute Gasteiger partial charge is 0.308 e. The molecule has 0 radical (unpaired) electrons. The van der Waals surface area contributed by atoms with Crippen molar-refractivity contribution in [2.45, 2.75) is 207 Å². The van der Waals surface area contributed by atoms with E-state index in [-0.39, 0.29) is 74.3 Å². The summed E-state index contributed by atoms with van der Waals surface area (Å²) in [5, 5.41) is 43.2. The van der Waals surface area contributed by atoms with Gasteiger partial charge in [-0.1, -0.05) is 27.0 Å². The third-order valence-corrected chi connectivity index (χ3v) is 14.0. The van der Waals surface area contributed by atoms with Crippen LogP contribution in [0.25, 0.3) is 0 Å². The van der Waals surface area contributed by atoms with Gasteiger partial charge in [0.15, 0.2) is 0 Å². The highest BCUT2D eigenvalue weighted by molar-refractivity contribution is 5.79. The van der Waals surface area contributed by atoms with Gasteiger partial charge in [-0.3, -0.25) is 9.59 Å². The van der Waals surface area contributed by atoms with Gasteiger partial charge in [0.1, 0.15) is 42.4 Å². The van der Waals surface area contributed by atoms with Gasteiger partial charge >= 0.3 is 5.97 Å². The number of aliphatic hydroxyl groups is 4. The molecule has 314 valence electrons. The summed E-state index contributed by atoms with van der Waals surface area (Å²) in [5.41, 5.74) is 1.97. The van der Waals surface area contributed by atoms with Crippen LogP contribution in [0.2, 0.25) is 0 Å². The molecule has 8 heterocycles. The van der Waals surface area contributed by atoms with Gasteiger partial charge in [-0.2, -0.15) is 0 Å². The van der Waals surface area contributed by atoms with Crippen molar-refractivity contribution in [3.63, 3.8) is 0 Å². The number of Topliss-reactive ketones (excluding diaryl/α,β-unsaturated/α-hetero) is 1. The van der Waals surface area contributed by atoms with E-state index in [1.54, 1.807) is 0 Å². The minimum atomic E-state index is -1.13. The lowest BCUT2D eigenvalue weighted by Gasteiger charge is -2.51. The first kappa shape index (κ1) is 40.9. The molecule has 8 bridgehead atoms. The van der Waals surface area contributed by atoms with Crippen LogP contribution in [0.5, 0.6) is 0 Å². The summed E-state index contributed by atoms with van der Waals surface area (Å²) < 4.78 is 51.3. The van der Waals surface area contributed by atoms with Crippen LogP contribution in [-0.4, -0.2) is 149 Å². The van der Waals surface area contributed by atoms with Crippen molar-refractivity contribution >= 4 is 11.8 Å². The number of hydrogen-bond donors (Lipinski definition) is 4. The molecule has 0 saturated carbocycles. The van der Waals surface area contributed by atoms with Crippen molar-refractivity contribution in [1.29, 1.82) is 0 Å². The SMILES string of the molecule is C=C1C(C)CC2CC[C@@H]3OC(CCC(=O)CC4OC5C(O)[C@H]6OC(CCC6O[C@H]5C4O)CC(=O)OC4[C@H](CC1O2)O[C@H]1CC(O)C(CCO)O[C@H]1[C@@H]4C)CC3=C. The zero-order valence-corrected chi connectivity index (χ0v) is 32.7. The molecule has 0 aliphatic carbocycles. The van der Waals surface area contributed by atoms with E-state index in [1.165, 1.54) is 0 Å². The molecule has 14 nitrogen and oxygen atoms in total. The average molecular weight is 791 g/mol. The van der Waals surface area contributed by atoms with E-state index in [4.69, 9.17) is 37.9 Å². The molecule has 8 rings (SSSR count). The van der Waals surface area contributed by atoms with Gasteiger partial charge in [0, 0.05) is 38.2 Å². The second-order valence-corrected chi connectivity index (χ2v) is 17.9. The normalized spacial score (nSPS) is 50.5. The molecule has 8 saturated heterocycles. The van der Waals surface area contributed by atoms with Crippen molar-refractivity contribution in [1.82, 2.24) is 0 Å². The molecule has 13 unspecified atom stereocenters. The van der Waals surface area contributed by atoms with Crippen molar-refractivity contribution in [3.8, 4) is 0 Å². The van der Waals surface area contributed by atoms with Gasteiger partial charge < -0.3 is 58.3 Å². The standard InChI is InChI=1S/C42H62O14/c1-19-13-25-7-9-28-20(2)14-24(49-28)6-5-23(44)15-32-36(47)41-42(55-32)37(48)40-30(54-41)10-8-26(51-40)16-35(46)56-39-22(4)38-33(17-27(45)29(53-38)11-12-43)52-34(39)18-31(50-25)21(19)3/h19,22,24-34,36-43,45,47-48H,2-3,5-18H2,1,4H3/t19?,22-,24?,25?,26?,27?,28-,29?,30?,31?,32?,33-,34-,36?,37?,38-,39?,40-,41-,42?/m0/s1. The Labute approximate surface area is 329 Å². The molecule has 8 aliphatic heterocycles. The number of ether oxygens (including phenoxy) is 8. The van der Waals surface area contributed by atoms with E-state index in [0.29, 0.717) is 38.5 Å². The lowest BCUT2D eigenvalue weighted by Crippen LogP contribution is -2.62. The number of esters is 1. The molecule has 0 aromatic carbocycles. The second-order valence-electron chi connectivity index (χ2n) is 17.9. The first-order chi connectivity index (χ1) is 26.9. The zero-order valence-electron chi connectivity index (χ0n) is 32.7. The molecule has 14 heteroatoms. The Morgan fingerprint density at radius 1 is 0.625 bits per heavy atom. The van der Waals surface area contributed by atoms with Gasteiger partial charge in [-0.05, 0) is 68.4 Å². The number of carbonyl (C=O) groups excluding carboxylic acids is 2. The molecule has 0 aromatic rings. The molecule has 0 amide bonds. The maximum Gasteiger partial charge on any atom is 0.308 e. The summed E-state index contributed by atoms with van der Waals surface area (Å²) in [6.07, 6.45) is -5.21. The second kappa shape index (κ2) is 17.0. The monoisotopic (exact) mass is 790 g/mol. The summed E-state index contributed by atoms with van der Waals surface area (Å²) in [6, 6.07) is 0. The van der Waals surface area contributed by atoms with Crippen molar-refractivity contribution in [2.75, 3.05) is 6.61 Å². The summed E-state index contributed by atoms with van der Waals surface area (Å²) >= 11 is 0. The van der Waals surface area contributed by atoms with Crippen LogP contribution in [0, 0.1) is 11.8 Å². The van der Waals surface area contributed by atoms with Crippen LogP contribution >= 0.6 is 0 Å². The van der Waals surface area contributed by atoms with Crippen molar-refractivity contribution < 1.29 is 67.9 Å². The Morgan fingerprint density at radius 3 is 2.14 bits per heavy atom. The van der Waals surface area contributed by atoms with Crippen molar-refractivity contribution in [3.05, 3.63) is 24.3 Å². The minimum absolute atomic E-state index is 0.00469. The van der Waals surface area contributed by atoms with Crippen LogP contribution < -0.4 is 0 Å². The molecule has 8 aliphatic rings. The fourth-order valence-electron chi connectivity index (χ4n) is 10.8. The Kier molecular flexibility index (Phi) is 12.5. The highest BCUT2D eigenvalue weighted by Crippen LogP contribution is 2.44. The first-order valence-electron chi connectivity index (χ1n) is 21.2. The van der Waals surface area contributed by atoms with Gasteiger partial charge in [0.2, 0.25) is 0 Å². The van der Waals surface area contributed by atoms with Gasteiger partial charge in [-0.25, -0.2) is 0 Å². The zero-order chi connectivity index (χ0) is 39.4. The summed E-state index contributed by atoms with van der Waals surface area (Å²) in [7, 11) is 0. The number of carbonyl (C=O) groups is 2. The summed E-state index contributed by atoms with van der Waals surface area (Å²) in [5.74, 6) is -0.665. The number of aliphatic hydroxyl groups excluding tert-OH is 4. The topological polar surface area (TPSA) is 189 Å². The summed E-state index contributed by atoms with van der Waals surface area (Å²) in [6.45, 7) is 12.7. The number of hydrogen-bond acceptors (Lipinski definition) is 14. The van der Waals surface area contributed by atoms with Crippen LogP contribution in [0.15, 0.2) is 24.3 Å². The van der Waals surface area contributed by atoms with Crippen LogP contribution in [0.4, 0.5) is 0 Å². The Balaban J connectivity index is 1.03. The van der Waals surface area contributed by atoms with E-state index < -0.39 is 91.4 Å². The van der Waals surface area contributed by atoms with Crippen LogP contribution in [0.1, 0.15) is 97.3 Å². The van der Waals surface area contributed by atoms with E-state index in [0.717, 1.165) is 30.4 Å². The fourth-order valence-corrected chi connectivity index (χ4v) is 10.8. The van der Waals surface area contributed by atoms with Gasteiger partial charge in [0.25, 0.3) is 0 Å². The largest absolute Gasteiger partial charge is 0.459 e. The minimum Gasteiger partial charge on any atom is -0.459 e. The predicted octanol–water partition coefficient (Wildman–Crippen LogP) is 2.38. The predicted molar refractivity (Wildman–Crippen MR) is 197 cm³/mol. The van der Waals surface area contributed by atoms with E-state index in [9.17, 15) is 30.0 Å². The Morgan fingerprint density at radius 2 is 1.34 bits per heavy atom. The van der Waals surface area contributed by atoms with Gasteiger partial charge in [-0.15, -0.1) is 0 Å². The first-order valence-corrected chi connectivity index (χ1v) is 21.2. The Bertz CT molecular complexity index is 1460. The highest BCUT2D eigenvalue weighted by Gasteiger charge is 2.57. The van der Waals surface area contributed by atoms with E-state index in [2.05, 4.69) is 20.1 Å². The highest BCUT2D eigenvalue weighted by atomic mass is 16.6. The number of fused-ring (bicyclic) bond motifs is 8. The van der Waals surface area contributed by atoms with Crippen LogP contribution in [-0.2, 0) is 47.5 Å². The quantitative estimate of drug-likeness (QED) is 0.236. The molecule has 0 aromatic heterocycles. The van der Waals surface area contributed by atoms with E-state index >= 15 is 0 Å². The molecule has 20 atom stereocenters. The molecular formula is C42H62O14. The molecule has 0 spiro atoms. The van der Waals surface area contributed by atoms with Crippen LogP contribution in [0.3, 0.4) is 0 Å². The molecular weight excluding hydrogens is 728 g/mol. The van der Waals surface area contributed by atoms with Gasteiger partial charge in [0.05, 0.1) is 79.7 Å². The molecule has 56 heavy (non-hydrogen) atoms.